The summed E-state index contributed by atoms with van der Waals surface area (Å²) in [6, 6.07) is 6.46. The summed E-state index contributed by atoms with van der Waals surface area (Å²) in [7, 11) is 0. The summed E-state index contributed by atoms with van der Waals surface area (Å²) in [6.45, 7) is -0.210. The number of phenolic OH excluding ortho intramolecular Hbond substituents is 1. The maximum absolute atomic E-state index is 11.2. The molecular weight excluding hydrogens is 196 g/mol. The Labute approximate surface area is 85.8 Å². The molecule has 15 heavy (non-hydrogen) atoms. The van der Waals surface area contributed by atoms with Gasteiger partial charge in [0.15, 0.2) is 6.61 Å². The molecular formula is C11H8O4. The topological polar surface area (TPSA) is 63.6 Å². The van der Waals surface area contributed by atoms with Crippen LogP contribution in [0.15, 0.2) is 29.8 Å². The van der Waals surface area contributed by atoms with Crippen LogP contribution in [-0.4, -0.2) is 23.5 Å². The molecule has 1 aromatic rings. The molecule has 0 aromatic heterocycles. The lowest BCUT2D eigenvalue weighted by atomic mass is 10.1. The van der Waals surface area contributed by atoms with Crippen LogP contribution in [0.5, 0.6) is 5.75 Å². The van der Waals surface area contributed by atoms with Gasteiger partial charge in [-0.3, -0.25) is 4.79 Å². The number of hydrogen-bond acceptors (Lipinski definition) is 4. The van der Waals surface area contributed by atoms with Crippen LogP contribution in [0.2, 0.25) is 0 Å². The second kappa shape index (κ2) is 3.57. The van der Waals surface area contributed by atoms with Crippen LogP contribution in [-0.2, 0) is 14.3 Å². The molecule has 1 saturated heterocycles. The number of ketones is 1. The Kier molecular flexibility index (Phi) is 2.25. The number of phenols is 1. The van der Waals surface area contributed by atoms with E-state index in [2.05, 4.69) is 4.74 Å². The van der Waals surface area contributed by atoms with E-state index in [0.717, 1.165) is 0 Å². The minimum Gasteiger partial charge on any atom is -0.507 e. The second-order valence-corrected chi connectivity index (χ2v) is 3.12. The molecule has 0 atom stereocenters. The van der Waals surface area contributed by atoms with Gasteiger partial charge in [0.25, 0.3) is 0 Å². The molecule has 0 bridgehead atoms. The first-order valence-electron chi connectivity index (χ1n) is 4.38. The van der Waals surface area contributed by atoms with E-state index < -0.39 is 5.97 Å². The zero-order valence-electron chi connectivity index (χ0n) is 7.77. The van der Waals surface area contributed by atoms with Gasteiger partial charge in [-0.2, -0.15) is 0 Å². The first-order valence-corrected chi connectivity index (χ1v) is 4.38. The van der Waals surface area contributed by atoms with Crippen molar-refractivity contribution in [2.24, 2.45) is 0 Å². The highest BCUT2D eigenvalue weighted by Crippen LogP contribution is 2.21. The molecule has 0 saturated carbocycles. The molecule has 0 spiro atoms. The minimum atomic E-state index is -0.636. The predicted octanol–water partition coefficient (Wildman–Crippen LogP) is 0.902. The first kappa shape index (κ1) is 9.45. The number of rotatable bonds is 1. The zero-order valence-corrected chi connectivity index (χ0v) is 7.77. The number of Topliss-reactive ketones (excluding diaryl/α,β-unsaturated/α-hetero) is 1. The number of cyclic esters (lactones) is 1. The Morgan fingerprint density at radius 1 is 1.27 bits per heavy atom. The van der Waals surface area contributed by atoms with Crippen LogP contribution in [0.4, 0.5) is 0 Å². The lowest BCUT2D eigenvalue weighted by molar-refractivity contribution is -0.135. The molecule has 1 aliphatic heterocycles. The Morgan fingerprint density at radius 2 is 2.00 bits per heavy atom. The lowest BCUT2D eigenvalue weighted by Crippen LogP contribution is -2.00. The molecule has 4 nitrogen and oxygen atoms in total. The summed E-state index contributed by atoms with van der Waals surface area (Å²) < 4.78 is 4.55. The average Bonchev–Trinajstić information content (AvgIpc) is 2.53. The quantitative estimate of drug-likeness (QED) is 0.419. The number of benzene rings is 1. The fraction of sp³-hybridized carbons (Fsp3) is 0.0909. The fourth-order valence-corrected chi connectivity index (χ4v) is 1.30. The number of para-hydroxylation sites is 1. The van der Waals surface area contributed by atoms with Crippen LogP contribution >= 0.6 is 0 Å². The molecule has 4 heteroatoms. The Balaban J connectivity index is 2.42. The minimum absolute atomic E-state index is 0.0171. The van der Waals surface area contributed by atoms with Crippen molar-refractivity contribution >= 4 is 17.8 Å². The van der Waals surface area contributed by atoms with Crippen molar-refractivity contribution < 1.29 is 19.4 Å². The average molecular weight is 204 g/mol. The fourth-order valence-electron chi connectivity index (χ4n) is 1.30. The van der Waals surface area contributed by atoms with Gasteiger partial charge in [-0.15, -0.1) is 0 Å². The summed E-state index contributed by atoms with van der Waals surface area (Å²) in [5.41, 5.74) is 0.413. The van der Waals surface area contributed by atoms with Gasteiger partial charge in [0, 0.05) is 5.56 Å². The molecule has 1 aliphatic rings. The number of hydrogen-bond donors (Lipinski definition) is 1. The number of carbonyl (C=O) groups excluding carboxylic acids is 2. The van der Waals surface area contributed by atoms with E-state index in [0.29, 0.717) is 5.56 Å². The van der Waals surface area contributed by atoms with Gasteiger partial charge in [0.2, 0.25) is 5.78 Å². The van der Waals surface area contributed by atoms with Crippen LogP contribution in [0.25, 0.3) is 6.08 Å². The highest BCUT2D eigenvalue weighted by atomic mass is 16.5. The van der Waals surface area contributed by atoms with Gasteiger partial charge in [0.05, 0.1) is 0 Å². The standard InChI is InChI=1S/C11H8O4/c12-9-4-2-1-3-7(9)5-8-10(13)6-15-11(8)14/h1-5,12H,6H2. The third kappa shape index (κ3) is 1.74. The molecule has 1 fully saturated rings. The van der Waals surface area contributed by atoms with Gasteiger partial charge in [-0.05, 0) is 12.1 Å². The SMILES string of the molecule is O=C1COC(=O)C1=Cc1ccccc1O. The molecule has 1 N–H and O–H groups in total. The number of carbonyl (C=O) groups is 2. The molecule has 0 unspecified atom stereocenters. The number of aromatic hydroxyl groups is 1. The normalized spacial score (nSPS) is 18.3. The molecule has 0 radical (unpaired) electrons. The van der Waals surface area contributed by atoms with E-state index in [1.54, 1.807) is 18.2 Å². The molecule has 1 heterocycles. The molecule has 0 amide bonds. The summed E-state index contributed by atoms with van der Waals surface area (Å²) in [6.07, 6.45) is 1.34. The Morgan fingerprint density at radius 3 is 2.60 bits per heavy atom. The summed E-state index contributed by atoms with van der Waals surface area (Å²) >= 11 is 0. The predicted molar refractivity (Wildman–Crippen MR) is 52.0 cm³/mol. The summed E-state index contributed by atoms with van der Waals surface area (Å²) in [4.78, 5) is 22.3. The van der Waals surface area contributed by atoms with E-state index in [-0.39, 0.29) is 23.7 Å². The van der Waals surface area contributed by atoms with Crippen LogP contribution < -0.4 is 0 Å². The summed E-state index contributed by atoms with van der Waals surface area (Å²) in [5.74, 6) is -0.969. The maximum atomic E-state index is 11.2. The largest absolute Gasteiger partial charge is 0.507 e. The van der Waals surface area contributed by atoms with Crippen molar-refractivity contribution in [1.82, 2.24) is 0 Å². The van der Waals surface area contributed by atoms with Gasteiger partial charge < -0.3 is 9.84 Å². The van der Waals surface area contributed by atoms with E-state index in [9.17, 15) is 14.7 Å². The van der Waals surface area contributed by atoms with Crippen molar-refractivity contribution in [1.29, 1.82) is 0 Å². The van der Waals surface area contributed by atoms with Crippen molar-refractivity contribution in [3.63, 3.8) is 0 Å². The third-order valence-corrected chi connectivity index (χ3v) is 2.09. The van der Waals surface area contributed by atoms with Crippen molar-refractivity contribution in [2.75, 3.05) is 6.61 Å². The van der Waals surface area contributed by atoms with E-state index in [1.165, 1.54) is 12.1 Å². The van der Waals surface area contributed by atoms with E-state index in [4.69, 9.17) is 0 Å². The molecule has 76 valence electrons. The number of esters is 1. The van der Waals surface area contributed by atoms with Crippen LogP contribution in [0.3, 0.4) is 0 Å². The Hall–Kier alpha value is -2.10. The molecule has 0 aliphatic carbocycles. The number of ether oxygens (including phenoxy) is 1. The smallest absolute Gasteiger partial charge is 0.342 e. The molecule has 2 rings (SSSR count). The van der Waals surface area contributed by atoms with Crippen LogP contribution in [0.1, 0.15) is 5.56 Å². The monoisotopic (exact) mass is 204 g/mol. The first-order chi connectivity index (χ1) is 7.18. The lowest BCUT2D eigenvalue weighted by Gasteiger charge is -1.97. The summed E-state index contributed by atoms with van der Waals surface area (Å²) in [5, 5.41) is 9.44. The van der Waals surface area contributed by atoms with E-state index in [1.807, 2.05) is 0 Å². The van der Waals surface area contributed by atoms with Crippen molar-refractivity contribution in [3.8, 4) is 5.75 Å². The van der Waals surface area contributed by atoms with Gasteiger partial charge in [-0.1, -0.05) is 18.2 Å². The van der Waals surface area contributed by atoms with Crippen molar-refractivity contribution in [2.45, 2.75) is 0 Å². The Bertz CT molecular complexity index is 441. The third-order valence-electron chi connectivity index (χ3n) is 2.09. The molecule has 1 aromatic carbocycles. The maximum Gasteiger partial charge on any atom is 0.342 e. The van der Waals surface area contributed by atoms with Gasteiger partial charge in [-0.25, -0.2) is 4.79 Å². The van der Waals surface area contributed by atoms with E-state index >= 15 is 0 Å². The highest BCUT2D eigenvalue weighted by molar-refractivity contribution is 6.24. The van der Waals surface area contributed by atoms with Crippen molar-refractivity contribution in [3.05, 3.63) is 35.4 Å². The second-order valence-electron chi connectivity index (χ2n) is 3.12. The van der Waals surface area contributed by atoms with Gasteiger partial charge >= 0.3 is 5.97 Å². The van der Waals surface area contributed by atoms with Crippen LogP contribution in [0, 0.1) is 0 Å². The van der Waals surface area contributed by atoms with Gasteiger partial charge in [0.1, 0.15) is 11.3 Å². The highest BCUT2D eigenvalue weighted by Gasteiger charge is 2.28. The zero-order chi connectivity index (χ0) is 10.8.